The number of ketones is 2. The van der Waals surface area contributed by atoms with Gasteiger partial charge in [-0.05, 0) is 161 Å². The van der Waals surface area contributed by atoms with Crippen LogP contribution < -0.4 is 16.4 Å². The Morgan fingerprint density at radius 1 is 0.915 bits per heavy atom. The lowest BCUT2D eigenvalue weighted by Crippen LogP contribution is -2.60. The minimum Gasteiger partial charge on any atom is -0.481 e. The molecular formula is C49H72ClN3O6. The van der Waals surface area contributed by atoms with Gasteiger partial charge in [-0.25, -0.2) is 0 Å². The van der Waals surface area contributed by atoms with E-state index in [1.807, 2.05) is 6.92 Å². The number of carboxylic acids is 1. The number of aliphatic carboxylic acids is 1. The average molecular weight is 835 g/mol. The Hall–Kier alpha value is -3.04. The van der Waals surface area contributed by atoms with E-state index < -0.39 is 17.4 Å². The standard InChI is InChI=1S/C48H67ClN2O6.CH5N/c1-26(2)40-38(53)25-48(21-22-50-44(57)45(5,6)51-42(54)31-11-9-10-12-36(31)49)20-17-35-30(41(40)48)13-14-39-46(7)18-15-29(27(3)34(46)16-19-47(35,39)8)23-37(52)32-24-33(28(32)4)43(55)56;1-2/h9-12,26-30,32-35,39H,13-25H2,1-8H3,(H,50,57)(H,51,54)(H,55,56);2H2,1H3. The molecule has 0 spiro atoms. The van der Waals surface area contributed by atoms with E-state index in [0.717, 1.165) is 44.1 Å². The number of carbonyl (C=O) groups is 5. The first-order valence-corrected chi connectivity index (χ1v) is 23.1. The van der Waals surface area contributed by atoms with E-state index in [9.17, 15) is 29.1 Å². The summed E-state index contributed by atoms with van der Waals surface area (Å²) in [6, 6.07) is 6.81. The molecule has 0 bridgehead atoms. The molecule has 0 heterocycles. The molecule has 1 aromatic rings. The number of halogens is 1. The number of hydrogen-bond acceptors (Lipinski definition) is 6. The maximum Gasteiger partial charge on any atom is 0.306 e. The van der Waals surface area contributed by atoms with Gasteiger partial charge in [0.15, 0.2) is 5.78 Å². The number of benzene rings is 1. The Morgan fingerprint density at radius 3 is 2.20 bits per heavy atom. The van der Waals surface area contributed by atoms with Crippen LogP contribution >= 0.6 is 11.6 Å². The molecule has 0 saturated heterocycles. The summed E-state index contributed by atoms with van der Waals surface area (Å²) >= 11 is 6.26. The van der Waals surface area contributed by atoms with Crippen molar-refractivity contribution in [2.24, 2.45) is 81.2 Å². The highest BCUT2D eigenvalue weighted by atomic mass is 35.5. The first-order chi connectivity index (χ1) is 27.8. The molecule has 9 nitrogen and oxygen atoms in total. The molecule has 5 N–H and O–H groups in total. The fourth-order valence-corrected chi connectivity index (χ4v) is 14.6. The summed E-state index contributed by atoms with van der Waals surface area (Å²) in [5.41, 5.74) is 6.28. The predicted molar refractivity (Wildman–Crippen MR) is 232 cm³/mol. The van der Waals surface area contributed by atoms with Gasteiger partial charge >= 0.3 is 5.97 Å². The van der Waals surface area contributed by atoms with Gasteiger partial charge in [0.2, 0.25) is 5.91 Å². The van der Waals surface area contributed by atoms with E-state index in [1.165, 1.54) is 25.5 Å². The highest BCUT2D eigenvalue weighted by Crippen LogP contribution is 2.72. The highest BCUT2D eigenvalue weighted by Gasteiger charge is 2.65. The topological polar surface area (TPSA) is 156 Å². The summed E-state index contributed by atoms with van der Waals surface area (Å²) in [5.74, 6) is 1.66. The molecule has 6 aliphatic rings. The third-order valence-electron chi connectivity index (χ3n) is 17.5. The molecule has 7 rings (SSSR count). The number of rotatable bonds is 11. The quantitative estimate of drug-likeness (QED) is 0.173. The summed E-state index contributed by atoms with van der Waals surface area (Å²) < 4.78 is 0. The van der Waals surface area contributed by atoms with Crippen LogP contribution in [0, 0.1) is 75.4 Å². The van der Waals surface area contributed by atoms with Crippen LogP contribution in [0.15, 0.2) is 35.4 Å². The first-order valence-electron chi connectivity index (χ1n) is 22.7. The molecule has 326 valence electrons. The zero-order valence-corrected chi connectivity index (χ0v) is 38.0. The van der Waals surface area contributed by atoms with Gasteiger partial charge in [-0.1, -0.05) is 70.8 Å². The van der Waals surface area contributed by atoms with Crippen LogP contribution in [0.4, 0.5) is 0 Å². The Kier molecular flexibility index (Phi) is 13.1. The first kappa shape index (κ1) is 45.5. The number of nitrogens with two attached hydrogens (primary N) is 1. The van der Waals surface area contributed by atoms with Gasteiger partial charge < -0.3 is 21.5 Å². The lowest BCUT2D eigenvalue weighted by molar-refractivity contribution is -0.172. The minimum absolute atomic E-state index is 0.0637. The summed E-state index contributed by atoms with van der Waals surface area (Å²) in [5, 5.41) is 15.8. The van der Waals surface area contributed by atoms with Crippen molar-refractivity contribution in [3.05, 3.63) is 46.0 Å². The third-order valence-corrected chi connectivity index (χ3v) is 17.8. The van der Waals surface area contributed by atoms with Crippen LogP contribution in [0.3, 0.4) is 0 Å². The molecule has 5 fully saturated rings. The normalized spacial score (nSPS) is 37.4. The third kappa shape index (κ3) is 7.87. The van der Waals surface area contributed by atoms with Gasteiger partial charge in [-0.15, -0.1) is 0 Å². The molecule has 10 heteroatoms. The maximum atomic E-state index is 14.0. The molecule has 59 heavy (non-hydrogen) atoms. The van der Waals surface area contributed by atoms with Crippen molar-refractivity contribution < 1.29 is 29.1 Å². The maximum absolute atomic E-state index is 14.0. The summed E-state index contributed by atoms with van der Waals surface area (Å²) in [6.45, 7) is 17.7. The van der Waals surface area contributed by atoms with Gasteiger partial charge in [-0.3, -0.25) is 24.0 Å². The van der Waals surface area contributed by atoms with Crippen LogP contribution in [0.1, 0.15) is 143 Å². The number of hydrogen-bond donors (Lipinski definition) is 4. The molecule has 1 aromatic carbocycles. The van der Waals surface area contributed by atoms with Crippen molar-refractivity contribution in [2.75, 3.05) is 13.6 Å². The van der Waals surface area contributed by atoms with E-state index in [-0.39, 0.29) is 51.6 Å². The van der Waals surface area contributed by atoms with Crippen LogP contribution in [0.25, 0.3) is 0 Å². The highest BCUT2D eigenvalue weighted by molar-refractivity contribution is 6.33. The minimum atomic E-state index is -1.16. The number of carbonyl (C=O) groups excluding carboxylic acids is 4. The molecule has 0 radical (unpaired) electrons. The van der Waals surface area contributed by atoms with E-state index in [2.05, 4.69) is 51.0 Å². The fourth-order valence-electron chi connectivity index (χ4n) is 14.4. The molecule has 5 saturated carbocycles. The van der Waals surface area contributed by atoms with E-state index in [0.29, 0.717) is 84.1 Å². The predicted octanol–water partition coefficient (Wildman–Crippen LogP) is 9.06. The molecule has 12 unspecified atom stereocenters. The Bertz CT molecular complexity index is 1860. The summed E-state index contributed by atoms with van der Waals surface area (Å²) in [7, 11) is 1.50. The SMILES string of the molecule is CC(C)C1=C2C3CCC4C(C)(CCC5C(C)C(CC(=O)C6CC(C(=O)O)C6C)CCC54C)C3CCC2(CCNC(=O)C(C)(C)NC(=O)c2ccccc2Cl)CC1=O.CN. The van der Waals surface area contributed by atoms with Crippen LogP contribution in [0.5, 0.6) is 0 Å². The van der Waals surface area contributed by atoms with Crippen molar-refractivity contribution >= 4 is 41.0 Å². The number of allylic oxidation sites excluding steroid dienone is 2. The summed E-state index contributed by atoms with van der Waals surface area (Å²) in [6.07, 6.45) is 11.2. The van der Waals surface area contributed by atoms with Gasteiger partial charge in [0.05, 0.1) is 16.5 Å². The second-order valence-corrected chi connectivity index (χ2v) is 21.3. The van der Waals surface area contributed by atoms with Crippen LogP contribution in [-0.4, -0.2) is 53.6 Å². The number of carboxylic acid groups (broad SMARTS) is 1. The Labute approximate surface area is 358 Å². The molecular weight excluding hydrogens is 762 g/mol. The van der Waals surface area contributed by atoms with Crippen molar-refractivity contribution in [2.45, 2.75) is 138 Å². The van der Waals surface area contributed by atoms with E-state index >= 15 is 0 Å². The van der Waals surface area contributed by atoms with Gasteiger partial charge in [-0.2, -0.15) is 0 Å². The lowest BCUT2D eigenvalue weighted by atomic mass is 9.37. The van der Waals surface area contributed by atoms with Gasteiger partial charge in [0.25, 0.3) is 5.91 Å². The molecule has 0 aromatic heterocycles. The van der Waals surface area contributed by atoms with Crippen LogP contribution in [0.2, 0.25) is 5.02 Å². The smallest absolute Gasteiger partial charge is 0.306 e. The Morgan fingerprint density at radius 2 is 1.56 bits per heavy atom. The van der Waals surface area contributed by atoms with Crippen LogP contribution in [-0.2, 0) is 19.2 Å². The number of Topliss-reactive ketones (excluding diaryl/α,β-unsaturated/α-hetero) is 2. The second kappa shape index (κ2) is 17.0. The molecule has 12 atom stereocenters. The average Bonchev–Trinajstić information content (AvgIpc) is 3.48. The van der Waals surface area contributed by atoms with Crippen molar-refractivity contribution in [3.8, 4) is 0 Å². The van der Waals surface area contributed by atoms with E-state index in [1.54, 1.807) is 38.1 Å². The van der Waals surface area contributed by atoms with Gasteiger partial charge in [0.1, 0.15) is 11.3 Å². The Balaban J connectivity index is 0.00000288. The van der Waals surface area contributed by atoms with Gasteiger partial charge in [0, 0.05) is 30.7 Å². The largest absolute Gasteiger partial charge is 0.481 e. The molecule has 6 aliphatic carbocycles. The van der Waals surface area contributed by atoms with Crippen molar-refractivity contribution in [1.82, 2.24) is 10.6 Å². The second-order valence-electron chi connectivity index (χ2n) is 20.9. The molecule has 0 aliphatic heterocycles. The summed E-state index contributed by atoms with van der Waals surface area (Å²) in [4.78, 5) is 65.7. The van der Waals surface area contributed by atoms with E-state index in [4.69, 9.17) is 11.6 Å². The number of nitrogens with one attached hydrogen (secondary N) is 2. The fraction of sp³-hybridized carbons (Fsp3) is 0.735. The van der Waals surface area contributed by atoms with Crippen molar-refractivity contribution in [3.63, 3.8) is 0 Å². The molecule has 2 amide bonds. The lowest BCUT2D eigenvalue weighted by Gasteiger charge is -2.67. The zero-order valence-electron chi connectivity index (χ0n) is 37.2. The monoisotopic (exact) mass is 834 g/mol. The zero-order chi connectivity index (χ0) is 43.4. The number of amides is 2. The van der Waals surface area contributed by atoms with Crippen molar-refractivity contribution in [1.29, 1.82) is 0 Å². The number of fused-ring (bicyclic) bond motifs is 7.